The summed E-state index contributed by atoms with van der Waals surface area (Å²) < 4.78 is 5.72. The molecule has 0 saturated carbocycles. The van der Waals surface area contributed by atoms with Crippen LogP contribution in [0.25, 0.3) is 0 Å². The van der Waals surface area contributed by atoms with E-state index in [1.807, 2.05) is 25.1 Å². The van der Waals surface area contributed by atoms with Crippen LogP contribution in [0, 0.1) is 18.3 Å². The highest BCUT2D eigenvalue weighted by atomic mass is 16.5. The molecule has 0 spiro atoms. The molecule has 0 aliphatic carbocycles. The largest absolute Gasteiger partial charge is 0.376 e. The molecule has 2 aromatic carbocycles. The number of anilines is 1. The minimum absolute atomic E-state index is 0.0802. The highest BCUT2D eigenvalue weighted by molar-refractivity contribution is 6.23. The lowest BCUT2D eigenvalue weighted by Gasteiger charge is -2.30. The molecular weight excluding hydrogens is 394 g/mol. The Morgan fingerprint density at radius 1 is 1.19 bits per heavy atom. The van der Waals surface area contributed by atoms with Gasteiger partial charge < -0.3 is 9.64 Å². The summed E-state index contributed by atoms with van der Waals surface area (Å²) in [5, 5.41) is 8.99. The summed E-state index contributed by atoms with van der Waals surface area (Å²) in [6.45, 7) is 2.74. The molecule has 158 valence electrons. The quantitative estimate of drug-likeness (QED) is 0.698. The summed E-state index contributed by atoms with van der Waals surface area (Å²) in [6, 6.07) is 14.6. The smallest absolute Gasteiger partial charge is 0.257 e. The Morgan fingerprint density at radius 2 is 1.94 bits per heavy atom. The van der Waals surface area contributed by atoms with E-state index < -0.39 is 11.9 Å². The Labute approximate surface area is 180 Å². The van der Waals surface area contributed by atoms with E-state index >= 15 is 0 Å². The number of nitrogens with zero attached hydrogens (tertiary/aromatic N) is 3. The molecule has 2 saturated heterocycles. The van der Waals surface area contributed by atoms with E-state index in [9.17, 15) is 14.4 Å². The summed E-state index contributed by atoms with van der Waals surface area (Å²) in [4.78, 5) is 42.2. The van der Waals surface area contributed by atoms with Gasteiger partial charge in [-0.15, -0.1) is 0 Å². The molecule has 2 unspecified atom stereocenters. The van der Waals surface area contributed by atoms with Crippen LogP contribution in [0.2, 0.25) is 0 Å². The molecule has 2 heterocycles. The third kappa shape index (κ3) is 4.07. The van der Waals surface area contributed by atoms with Gasteiger partial charge in [0, 0.05) is 18.7 Å². The number of hydrogen-bond donors (Lipinski definition) is 0. The highest BCUT2D eigenvalue weighted by Crippen LogP contribution is 2.28. The number of rotatable bonds is 5. The minimum atomic E-state index is -0.889. The fraction of sp³-hybridized carbons (Fsp3) is 0.333. The zero-order valence-corrected chi connectivity index (χ0v) is 17.3. The number of ether oxygens (including phenoxy) is 1. The Balaban J connectivity index is 1.65. The first-order valence-electron chi connectivity index (χ1n) is 10.3. The van der Waals surface area contributed by atoms with Gasteiger partial charge in [-0.25, -0.2) is 4.90 Å². The molecule has 2 aromatic rings. The summed E-state index contributed by atoms with van der Waals surface area (Å²) in [5.74, 6) is -1.08. The standard InChI is InChI=1S/C24H23N3O4/c1-16-5-2-3-7-20(16)23(29)26(15-19-6-4-12-31-19)21-13-22(28)27(24(21)30)18-10-8-17(14-25)9-11-18/h2-3,5,7-11,19,21H,4,6,12-13,15H2,1H3. The third-order valence-corrected chi connectivity index (χ3v) is 5.81. The van der Waals surface area contributed by atoms with Gasteiger partial charge in [-0.3, -0.25) is 14.4 Å². The summed E-state index contributed by atoms with van der Waals surface area (Å²) in [7, 11) is 0. The predicted molar refractivity (Wildman–Crippen MR) is 113 cm³/mol. The molecule has 7 nitrogen and oxygen atoms in total. The molecule has 3 amide bonds. The van der Waals surface area contributed by atoms with E-state index in [2.05, 4.69) is 0 Å². The van der Waals surface area contributed by atoms with Crippen molar-refractivity contribution in [1.29, 1.82) is 5.26 Å². The number of carbonyl (C=O) groups excluding carboxylic acids is 3. The van der Waals surface area contributed by atoms with Crippen molar-refractivity contribution in [3.05, 3.63) is 65.2 Å². The van der Waals surface area contributed by atoms with Crippen molar-refractivity contribution in [2.45, 2.75) is 38.3 Å². The lowest BCUT2D eigenvalue weighted by molar-refractivity contribution is -0.122. The first-order chi connectivity index (χ1) is 15.0. The molecule has 0 bridgehead atoms. The summed E-state index contributed by atoms with van der Waals surface area (Å²) >= 11 is 0. The average Bonchev–Trinajstić information content (AvgIpc) is 3.39. The van der Waals surface area contributed by atoms with Crippen molar-refractivity contribution in [2.24, 2.45) is 0 Å². The van der Waals surface area contributed by atoms with Gasteiger partial charge in [0.05, 0.1) is 29.8 Å². The van der Waals surface area contributed by atoms with Crippen molar-refractivity contribution in [2.75, 3.05) is 18.1 Å². The normalized spacial score (nSPS) is 20.7. The SMILES string of the molecule is Cc1ccccc1C(=O)N(CC1CCCO1)C1CC(=O)N(c2ccc(C#N)cc2)C1=O. The van der Waals surface area contributed by atoms with E-state index in [1.165, 1.54) is 4.90 Å². The van der Waals surface area contributed by atoms with Crippen molar-refractivity contribution in [3.63, 3.8) is 0 Å². The molecule has 0 radical (unpaired) electrons. The number of aryl methyl sites for hydroxylation is 1. The highest BCUT2D eigenvalue weighted by Gasteiger charge is 2.45. The maximum atomic E-state index is 13.5. The van der Waals surface area contributed by atoms with Crippen LogP contribution >= 0.6 is 0 Å². The number of imide groups is 1. The molecule has 2 atom stereocenters. The van der Waals surface area contributed by atoms with Crippen LogP contribution in [-0.4, -0.2) is 47.9 Å². The second-order valence-corrected chi connectivity index (χ2v) is 7.85. The molecular formula is C24H23N3O4. The number of nitriles is 1. The van der Waals surface area contributed by atoms with Crippen LogP contribution < -0.4 is 4.90 Å². The molecule has 2 fully saturated rings. The van der Waals surface area contributed by atoms with Gasteiger partial charge in [0.1, 0.15) is 6.04 Å². The molecule has 0 N–H and O–H groups in total. The van der Waals surface area contributed by atoms with E-state index in [4.69, 9.17) is 10.00 Å². The van der Waals surface area contributed by atoms with Gasteiger partial charge in [-0.2, -0.15) is 5.26 Å². The van der Waals surface area contributed by atoms with Crippen molar-refractivity contribution in [1.82, 2.24) is 4.90 Å². The third-order valence-electron chi connectivity index (χ3n) is 5.81. The van der Waals surface area contributed by atoms with Crippen molar-refractivity contribution in [3.8, 4) is 6.07 Å². The van der Waals surface area contributed by atoms with Gasteiger partial charge >= 0.3 is 0 Å². The number of hydrogen-bond acceptors (Lipinski definition) is 5. The molecule has 31 heavy (non-hydrogen) atoms. The predicted octanol–water partition coefficient (Wildman–Crippen LogP) is 2.82. The fourth-order valence-corrected chi connectivity index (χ4v) is 4.14. The van der Waals surface area contributed by atoms with Crippen LogP contribution in [0.5, 0.6) is 0 Å². The zero-order valence-electron chi connectivity index (χ0n) is 17.3. The number of benzene rings is 2. The Morgan fingerprint density at radius 3 is 2.58 bits per heavy atom. The van der Waals surface area contributed by atoms with Crippen molar-refractivity contribution < 1.29 is 19.1 Å². The molecule has 2 aliphatic rings. The summed E-state index contributed by atoms with van der Waals surface area (Å²) in [6.07, 6.45) is 1.49. The van der Waals surface area contributed by atoms with Crippen LogP contribution in [-0.2, 0) is 14.3 Å². The number of amides is 3. The Bertz CT molecular complexity index is 1050. The van der Waals surface area contributed by atoms with Crippen molar-refractivity contribution >= 4 is 23.4 Å². The van der Waals surface area contributed by atoms with Crippen LogP contribution in [0.1, 0.15) is 40.7 Å². The van der Waals surface area contributed by atoms with Gasteiger partial charge in [-0.1, -0.05) is 18.2 Å². The molecule has 2 aliphatic heterocycles. The first kappa shape index (κ1) is 20.8. The molecule has 0 aromatic heterocycles. The van der Waals surface area contributed by atoms with Crippen LogP contribution in [0.15, 0.2) is 48.5 Å². The van der Waals surface area contributed by atoms with Crippen LogP contribution in [0.3, 0.4) is 0 Å². The number of carbonyl (C=O) groups is 3. The van der Waals surface area contributed by atoms with Crippen LogP contribution in [0.4, 0.5) is 5.69 Å². The van der Waals surface area contributed by atoms with Gasteiger partial charge in [0.25, 0.3) is 11.8 Å². The fourth-order valence-electron chi connectivity index (χ4n) is 4.14. The van der Waals surface area contributed by atoms with Gasteiger partial charge in [0.15, 0.2) is 0 Å². The van der Waals surface area contributed by atoms with Gasteiger partial charge in [0.2, 0.25) is 5.91 Å². The second kappa shape index (κ2) is 8.70. The lowest BCUT2D eigenvalue weighted by atomic mass is 10.0. The summed E-state index contributed by atoms with van der Waals surface area (Å²) in [5.41, 5.74) is 2.16. The molecule has 4 rings (SSSR count). The molecule has 7 heteroatoms. The topological polar surface area (TPSA) is 90.7 Å². The second-order valence-electron chi connectivity index (χ2n) is 7.85. The van der Waals surface area contributed by atoms with Gasteiger partial charge in [-0.05, 0) is 55.7 Å². The zero-order chi connectivity index (χ0) is 22.0. The average molecular weight is 417 g/mol. The van der Waals surface area contributed by atoms with E-state index in [1.54, 1.807) is 36.4 Å². The maximum absolute atomic E-state index is 13.5. The Hall–Kier alpha value is -3.50. The Kier molecular flexibility index (Phi) is 5.83. The van der Waals surface area contributed by atoms with E-state index in [0.717, 1.165) is 23.3 Å². The first-order valence-corrected chi connectivity index (χ1v) is 10.3. The lowest BCUT2D eigenvalue weighted by Crippen LogP contribution is -2.48. The minimum Gasteiger partial charge on any atom is -0.376 e. The monoisotopic (exact) mass is 417 g/mol. The maximum Gasteiger partial charge on any atom is 0.257 e. The van der Waals surface area contributed by atoms with E-state index in [0.29, 0.717) is 23.4 Å². The van der Waals surface area contributed by atoms with E-state index in [-0.39, 0.29) is 30.9 Å².